The number of hydrogen-bond acceptors (Lipinski definition) is 2. The van der Waals surface area contributed by atoms with Crippen molar-refractivity contribution in [3.63, 3.8) is 0 Å². The van der Waals surface area contributed by atoms with Crippen molar-refractivity contribution in [1.82, 2.24) is 0 Å². The number of rotatable bonds is 2. The zero-order valence-electron chi connectivity index (χ0n) is 18.1. The van der Waals surface area contributed by atoms with Gasteiger partial charge in [-0.05, 0) is 52.5 Å². The molecule has 0 aliphatic carbocycles. The zero-order chi connectivity index (χ0) is 21.8. The van der Waals surface area contributed by atoms with E-state index in [0.717, 1.165) is 0 Å². The topological polar surface area (TPSA) is 6.48 Å². The first-order valence-electron chi connectivity index (χ1n) is 11.4. The smallest absolute Gasteiger partial charge is 0.360 e. The van der Waals surface area contributed by atoms with Gasteiger partial charge in [-0.2, -0.15) is 0 Å². The molecule has 0 spiro atoms. The van der Waals surface area contributed by atoms with Crippen molar-refractivity contribution in [3.05, 3.63) is 127 Å². The maximum Gasteiger partial charge on any atom is 0.421 e. The summed E-state index contributed by atoms with van der Waals surface area (Å²) >= 11 is 0. The summed E-state index contributed by atoms with van der Waals surface area (Å²) < 4.78 is 0. The van der Waals surface area contributed by atoms with Gasteiger partial charge in [0.15, 0.2) is 0 Å². The van der Waals surface area contributed by atoms with Crippen molar-refractivity contribution in [1.29, 1.82) is 0 Å². The Morgan fingerprint density at radius 1 is 0.424 bits per heavy atom. The van der Waals surface area contributed by atoms with Gasteiger partial charge in [0.1, 0.15) is 0 Å². The molecule has 0 saturated carbocycles. The third-order valence-corrected chi connectivity index (χ3v) is 6.82. The Balaban J connectivity index is 1.53. The Bertz CT molecular complexity index is 1480. The average molecular weight is 420 g/mol. The first kappa shape index (κ1) is 18.3. The van der Waals surface area contributed by atoms with Crippen LogP contribution in [0.2, 0.25) is 0 Å². The van der Waals surface area contributed by atoms with Crippen LogP contribution in [0.1, 0.15) is 0 Å². The van der Waals surface area contributed by atoms with Gasteiger partial charge in [0.05, 0.1) is 11.4 Å². The molecule has 0 radical (unpaired) electrons. The van der Waals surface area contributed by atoms with Crippen LogP contribution in [0.4, 0.5) is 22.7 Å². The van der Waals surface area contributed by atoms with Crippen LogP contribution >= 0.6 is 0 Å². The Morgan fingerprint density at radius 3 is 1.91 bits per heavy atom. The standard InChI is InChI=1S/C30H21BN2/c1-3-11-22(12-4-1)23-19-20-29-30(21-23)33-28-18-10-8-16-26(28)25-15-7-9-17-27(25)31(33)32(29)24-13-5-2-6-14-24/h1-21H. The minimum Gasteiger partial charge on any atom is -0.360 e. The highest BCUT2D eigenvalue weighted by Crippen LogP contribution is 2.51. The van der Waals surface area contributed by atoms with Crippen LogP contribution in [0.15, 0.2) is 127 Å². The molecule has 0 fully saturated rings. The van der Waals surface area contributed by atoms with Gasteiger partial charge in [-0.15, -0.1) is 0 Å². The number of benzene rings is 5. The van der Waals surface area contributed by atoms with Crippen LogP contribution in [0.25, 0.3) is 22.3 Å². The summed E-state index contributed by atoms with van der Waals surface area (Å²) in [6.07, 6.45) is 0. The number of para-hydroxylation sites is 2. The molecule has 0 amide bonds. The molecule has 5 aromatic carbocycles. The van der Waals surface area contributed by atoms with Crippen LogP contribution in [0.3, 0.4) is 0 Å². The van der Waals surface area contributed by atoms with Crippen LogP contribution in [0, 0.1) is 0 Å². The van der Waals surface area contributed by atoms with E-state index in [-0.39, 0.29) is 6.98 Å². The van der Waals surface area contributed by atoms with E-state index >= 15 is 0 Å². The largest absolute Gasteiger partial charge is 0.421 e. The predicted octanol–water partition coefficient (Wildman–Crippen LogP) is 7.02. The van der Waals surface area contributed by atoms with E-state index in [2.05, 4.69) is 137 Å². The first-order chi connectivity index (χ1) is 16.4. The lowest BCUT2D eigenvalue weighted by Gasteiger charge is -2.36. The van der Waals surface area contributed by atoms with E-state index in [1.54, 1.807) is 0 Å². The molecule has 33 heavy (non-hydrogen) atoms. The molecule has 5 aromatic rings. The number of nitrogens with zero attached hydrogens (tertiary/aromatic N) is 2. The van der Waals surface area contributed by atoms with Gasteiger partial charge in [-0.1, -0.05) is 97.1 Å². The first-order valence-corrected chi connectivity index (χ1v) is 11.4. The highest BCUT2D eigenvalue weighted by Gasteiger charge is 2.47. The third kappa shape index (κ3) is 2.69. The minimum absolute atomic E-state index is 0.0690. The van der Waals surface area contributed by atoms with E-state index in [9.17, 15) is 0 Å². The van der Waals surface area contributed by atoms with Crippen LogP contribution in [-0.4, -0.2) is 6.98 Å². The fourth-order valence-electron chi connectivity index (χ4n) is 5.40. The van der Waals surface area contributed by atoms with E-state index in [4.69, 9.17) is 0 Å². The lowest BCUT2D eigenvalue weighted by molar-refractivity contribution is 1.37. The van der Waals surface area contributed by atoms with E-state index in [1.165, 1.54) is 50.5 Å². The predicted molar refractivity (Wildman–Crippen MR) is 140 cm³/mol. The van der Waals surface area contributed by atoms with Crippen molar-refractivity contribution < 1.29 is 0 Å². The molecule has 154 valence electrons. The summed E-state index contributed by atoms with van der Waals surface area (Å²) in [5.74, 6) is 0. The second kappa shape index (κ2) is 7.14. The van der Waals surface area contributed by atoms with Gasteiger partial charge >= 0.3 is 6.98 Å². The summed E-state index contributed by atoms with van der Waals surface area (Å²) in [5.41, 5.74) is 11.3. The normalized spacial score (nSPS) is 13.3. The number of hydrogen-bond donors (Lipinski definition) is 0. The summed E-state index contributed by atoms with van der Waals surface area (Å²) in [6, 6.07) is 45.9. The third-order valence-electron chi connectivity index (χ3n) is 6.82. The van der Waals surface area contributed by atoms with Gasteiger partial charge < -0.3 is 9.62 Å². The molecule has 0 unspecified atom stereocenters. The average Bonchev–Trinajstić information content (AvgIpc) is 3.25. The molecule has 2 aliphatic rings. The molecule has 2 heterocycles. The second-order valence-electron chi connectivity index (χ2n) is 8.62. The van der Waals surface area contributed by atoms with Gasteiger partial charge in [0.2, 0.25) is 0 Å². The van der Waals surface area contributed by atoms with Crippen molar-refractivity contribution in [2.75, 3.05) is 9.62 Å². The fraction of sp³-hybridized carbons (Fsp3) is 0. The van der Waals surface area contributed by atoms with Crippen LogP contribution < -0.4 is 15.1 Å². The summed E-state index contributed by atoms with van der Waals surface area (Å²) in [7, 11) is 0. The molecular weight excluding hydrogens is 399 g/mol. The summed E-state index contributed by atoms with van der Waals surface area (Å²) in [5, 5.41) is 0. The second-order valence-corrected chi connectivity index (χ2v) is 8.62. The maximum absolute atomic E-state index is 2.52. The molecule has 2 aliphatic heterocycles. The van der Waals surface area contributed by atoms with E-state index < -0.39 is 0 Å². The number of anilines is 4. The molecule has 3 heteroatoms. The molecule has 0 atom stereocenters. The maximum atomic E-state index is 2.52. The zero-order valence-corrected chi connectivity index (χ0v) is 18.1. The number of fused-ring (bicyclic) bond motifs is 8. The van der Waals surface area contributed by atoms with Gasteiger partial charge in [-0.3, -0.25) is 0 Å². The summed E-state index contributed by atoms with van der Waals surface area (Å²) in [4.78, 5) is 5.01. The van der Waals surface area contributed by atoms with Crippen molar-refractivity contribution in [2.45, 2.75) is 0 Å². The van der Waals surface area contributed by atoms with Crippen molar-refractivity contribution >= 4 is 35.2 Å². The van der Waals surface area contributed by atoms with Crippen molar-refractivity contribution in [3.8, 4) is 22.3 Å². The summed E-state index contributed by atoms with van der Waals surface area (Å²) in [6.45, 7) is 0.0690. The van der Waals surface area contributed by atoms with Gasteiger partial charge in [0, 0.05) is 16.9 Å². The molecular formula is C30H21BN2. The monoisotopic (exact) mass is 420 g/mol. The van der Waals surface area contributed by atoms with Crippen LogP contribution in [0.5, 0.6) is 0 Å². The van der Waals surface area contributed by atoms with Crippen LogP contribution in [-0.2, 0) is 0 Å². The molecule has 0 aromatic heterocycles. The lowest BCUT2D eigenvalue weighted by Crippen LogP contribution is -2.55. The minimum atomic E-state index is 0.0690. The van der Waals surface area contributed by atoms with Crippen molar-refractivity contribution in [2.24, 2.45) is 0 Å². The molecule has 0 saturated heterocycles. The Kier molecular flexibility index (Phi) is 3.97. The Hall–Kier alpha value is -4.24. The van der Waals surface area contributed by atoms with Gasteiger partial charge in [-0.25, -0.2) is 0 Å². The quantitative estimate of drug-likeness (QED) is 0.283. The Morgan fingerprint density at radius 2 is 1.09 bits per heavy atom. The molecule has 0 bridgehead atoms. The SMILES string of the molecule is c1ccc(-c2ccc3c(c2)N2B(c4ccccc4-c4ccccc42)N3c2ccccc2)cc1. The lowest BCUT2D eigenvalue weighted by atomic mass is 9.59. The fourth-order valence-corrected chi connectivity index (χ4v) is 5.40. The highest BCUT2D eigenvalue weighted by atomic mass is 15.3. The van der Waals surface area contributed by atoms with E-state index in [1.807, 2.05) is 0 Å². The van der Waals surface area contributed by atoms with E-state index in [0.29, 0.717) is 0 Å². The highest BCUT2D eigenvalue weighted by molar-refractivity contribution is 6.86. The van der Waals surface area contributed by atoms with Gasteiger partial charge in [0.25, 0.3) is 0 Å². The Labute approximate surface area is 194 Å². The molecule has 0 N–H and O–H groups in total. The molecule has 2 nitrogen and oxygen atoms in total. The molecule has 7 rings (SSSR count).